The van der Waals surface area contributed by atoms with Crippen LogP contribution in [-0.4, -0.2) is 50.5 Å². The number of alkyl carbamates (subject to hydrolysis) is 1. The standard InChI is InChI=1S/C21H28N6O3/c1-11(2)22-21(28)30-15-6-5-13(7-15)16-9-18(27-26-16)20-24-17-8-14(10-29-4)23-12(3)19(17)25-20/h8-9,11,13,15H,5-7,10H2,1-4H3,(H,22,28)(H,24,25)(H,26,27)/t13-,15+/m0/s1. The van der Waals surface area contributed by atoms with Gasteiger partial charge in [-0.3, -0.25) is 10.1 Å². The molecule has 2 atom stereocenters. The minimum atomic E-state index is -0.347. The highest BCUT2D eigenvalue weighted by atomic mass is 16.6. The summed E-state index contributed by atoms with van der Waals surface area (Å²) in [7, 11) is 1.65. The molecule has 0 spiro atoms. The number of methoxy groups -OCH3 is 1. The quantitative estimate of drug-likeness (QED) is 0.570. The summed E-state index contributed by atoms with van der Waals surface area (Å²) in [6.45, 7) is 6.23. The maximum absolute atomic E-state index is 11.8. The normalized spacial score (nSPS) is 19.0. The Morgan fingerprint density at radius 3 is 2.90 bits per heavy atom. The van der Waals surface area contributed by atoms with Gasteiger partial charge in [0.1, 0.15) is 17.3 Å². The fourth-order valence-electron chi connectivity index (χ4n) is 4.00. The van der Waals surface area contributed by atoms with Crippen molar-refractivity contribution in [2.45, 2.75) is 64.7 Å². The van der Waals surface area contributed by atoms with Crippen molar-refractivity contribution in [2.24, 2.45) is 0 Å². The van der Waals surface area contributed by atoms with E-state index in [1.165, 1.54) is 0 Å². The van der Waals surface area contributed by atoms with Crippen LogP contribution in [0.2, 0.25) is 0 Å². The number of imidazole rings is 1. The molecule has 0 aliphatic heterocycles. The third kappa shape index (κ3) is 4.30. The summed E-state index contributed by atoms with van der Waals surface area (Å²) in [4.78, 5) is 24.4. The molecular formula is C21H28N6O3. The van der Waals surface area contributed by atoms with Gasteiger partial charge in [0.15, 0.2) is 5.82 Å². The second-order valence-corrected chi connectivity index (χ2v) is 8.16. The predicted molar refractivity (Wildman–Crippen MR) is 112 cm³/mol. The van der Waals surface area contributed by atoms with Crippen LogP contribution in [0.1, 0.15) is 56.1 Å². The maximum Gasteiger partial charge on any atom is 0.407 e. The number of carbonyl (C=O) groups excluding carboxylic acids is 1. The Morgan fingerprint density at radius 2 is 2.13 bits per heavy atom. The van der Waals surface area contributed by atoms with E-state index >= 15 is 0 Å². The molecule has 1 fully saturated rings. The fraction of sp³-hybridized carbons (Fsp3) is 0.524. The first-order valence-corrected chi connectivity index (χ1v) is 10.3. The van der Waals surface area contributed by atoms with E-state index in [1.54, 1.807) is 7.11 Å². The van der Waals surface area contributed by atoms with Gasteiger partial charge in [0.05, 0.1) is 23.5 Å². The van der Waals surface area contributed by atoms with Gasteiger partial charge in [0.2, 0.25) is 0 Å². The first kappa shape index (κ1) is 20.3. The Bertz CT molecular complexity index is 1040. The molecule has 160 valence electrons. The lowest BCUT2D eigenvalue weighted by atomic mass is 10.0. The molecule has 1 amide bonds. The molecule has 0 saturated heterocycles. The number of ether oxygens (including phenoxy) is 2. The molecule has 9 heteroatoms. The second-order valence-electron chi connectivity index (χ2n) is 8.16. The van der Waals surface area contributed by atoms with Crippen molar-refractivity contribution in [3.63, 3.8) is 0 Å². The number of nitrogens with zero attached hydrogens (tertiary/aromatic N) is 3. The number of hydrogen-bond acceptors (Lipinski definition) is 6. The van der Waals surface area contributed by atoms with Crippen LogP contribution >= 0.6 is 0 Å². The molecule has 3 N–H and O–H groups in total. The first-order valence-electron chi connectivity index (χ1n) is 10.3. The Kier molecular flexibility index (Phi) is 5.72. The van der Waals surface area contributed by atoms with Crippen molar-refractivity contribution >= 4 is 17.1 Å². The van der Waals surface area contributed by atoms with E-state index in [0.29, 0.717) is 12.4 Å². The Labute approximate surface area is 175 Å². The van der Waals surface area contributed by atoms with Crippen LogP contribution in [0.25, 0.3) is 22.6 Å². The van der Waals surface area contributed by atoms with E-state index in [-0.39, 0.29) is 24.2 Å². The van der Waals surface area contributed by atoms with E-state index in [0.717, 1.165) is 53.1 Å². The average molecular weight is 412 g/mol. The summed E-state index contributed by atoms with van der Waals surface area (Å²) >= 11 is 0. The molecule has 4 rings (SSSR count). The van der Waals surface area contributed by atoms with Gasteiger partial charge in [-0.1, -0.05) is 0 Å². The molecule has 3 aromatic rings. The molecular weight excluding hydrogens is 384 g/mol. The zero-order valence-electron chi connectivity index (χ0n) is 17.8. The summed E-state index contributed by atoms with van der Waals surface area (Å²) in [5.41, 5.74) is 5.26. The molecule has 0 bridgehead atoms. The summed E-state index contributed by atoms with van der Waals surface area (Å²) in [5.74, 6) is 0.985. The Morgan fingerprint density at radius 1 is 1.30 bits per heavy atom. The number of nitrogens with one attached hydrogen (secondary N) is 3. The van der Waals surface area contributed by atoms with Crippen LogP contribution in [-0.2, 0) is 16.1 Å². The second kappa shape index (κ2) is 8.43. The number of aryl methyl sites for hydroxylation is 1. The topological polar surface area (TPSA) is 118 Å². The number of amides is 1. The zero-order chi connectivity index (χ0) is 21.3. The minimum absolute atomic E-state index is 0.0677. The van der Waals surface area contributed by atoms with Gasteiger partial charge in [-0.15, -0.1) is 0 Å². The molecule has 3 heterocycles. The molecule has 30 heavy (non-hydrogen) atoms. The number of rotatable bonds is 6. The number of pyridine rings is 1. The SMILES string of the molecule is COCc1cc2[nH]c(-c3cc([C@H]4CC[C@@H](OC(=O)NC(C)C)C4)[nH]n3)nc2c(C)n1. The lowest BCUT2D eigenvalue weighted by molar-refractivity contribution is 0.0981. The number of hydrogen-bond donors (Lipinski definition) is 3. The van der Waals surface area contributed by atoms with Gasteiger partial charge in [-0.25, -0.2) is 9.78 Å². The van der Waals surface area contributed by atoms with Crippen LogP contribution in [0.4, 0.5) is 4.79 Å². The molecule has 0 aromatic carbocycles. The summed E-state index contributed by atoms with van der Waals surface area (Å²) < 4.78 is 10.7. The largest absolute Gasteiger partial charge is 0.446 e. The van der Waals surface area contributed by atoms with Crippen LogP contribution in [0, 0.1) is 6.92 Å². The van der Waals surface area contributed by atoms with Crippen molar-refractivity contribution in [1.29, 1.82) is 0 Å². The Balaban J connectivity index is 1.47. The number of fused-ring (bicyclic) bond motifs is 1. The van der Waals surface area contributed by atoms with Gasteiger partial charge >= 0.3 is 6.09 Å². The summed E-state index contributed by atoms with van der Waals surface area (Å²) in [5, 5.41) is 10.4. The van der Waals surface area contributed by atoms with E-state index in [4.69, 9.17) is 9.47 Å². The van der Waals surface area contributed by atoms with Crippen molar-refractivity contribution in [2.75, 3.05) is 7.11 Å². The third-order valence-electron chi connectivity index (χ3n) is 5.33. The number of H-pyrrole nitrogens is 2. The monoisotopic (exact) mass is 412 g/mol. The molecule has 1 aliphatic carbocycles. The highest BCUT2D eigenvalue weighted by Crippen LogP contribution is 2.36. The highest BCUT2D eigenvalue weighted by Gasteiger charge is 2.30. The Hall–Kier alpha value is -2.94. The van der Waals surface area contributed by atoms with Crippen molar-refractivity contribution in [1.82, 2.24) is 30.5 Å². The van der Waals surface area contributed by atoms with E-state index in [2.05, 4.69) is 30.5 Å². The van der Waals surface area contributed by atoms with Crippen LogP contribution in [0.3, 0.4) is 0 Å². The molecule has 3 aromatic heterocycles. The van der Waals surface area contributed by atoms with Gasteiger partial charge < -0.3 is 19.8 Å². The fourth-order valence-corrected chi connectivity index (χ4v) is 4.00. The van der Waals surface area contributed by atoms with Crippen LogP contribution < -0.4 is 5.32 Å². The third-order valence-corrected chi connectivity index (χ3v) is 5.33. The van der Waals surface area contributed by atoms with Gasteiger partial charge in [0.25, 0.3) is 0 Å². The van der Waals surface area contributed by atoms with E-state index in [9.17, 15) is 4.79 Å². The van der Waals surface area contributed by atoms with Crippen LogP contribution in [0.5, 0.6) is 0 Å². The molecule has 1 saturated carbocycles. The van der Waals surface area contributed by atoms with Gasteiger partial charge in [-0.05, 0) is 52.2 Å². The zero-order valence-corrected chi connectivity index (χ0v) is 17.8. The van der Waals surface area contributed by atoms with Crippen LogP contribution in [0.15, 0.2) is 12.1 Å². The van der Waals surface area contributed by atoms with Gasteiger partial charge in [0, 0.05) is 24.8 Å². The lowest BCUT2D eigenvalue weighted by Gasteiger charge is -2.14. The van der Waals surface area contributed by atoms with Crippen molar-refractivity contribution in [3.05, 3.63) is 29.2 Å². The first-order chi connectivity index (χ1) is 14.4. The highest BCUT2D eigenvalue weighted by molar-refractivity contribution is 5.81. The molecule has 9 nitrogen and oxygen atoms in total. The van der Waals surface area contributed by atoms with Crippen molar-refractivity contribution in [3.8, 4) is 11.5 Å². The van der Waals surface area contributed by atoms with E-state index < -0.39 is 0 Å². The molecule has 0 radical (unpaired) electrons. The minimum Gasteiger partial charge on any atom is -0.446 e. The number of carbonyl (C=O) groups is 1. The average Bonchev–Trinajstić information content (AvgIpc) is 3.39. The van der Waals surface area contributed by atoms with Gasteiger partial charge in [-0.2, -0.15) is 5.10 Å². The number of aromatic nitrogens is 5. The summed E-state index contributed by atoms with van der Waals surface area (Å²) in [6, 6.07) is 4.05. The summed E-state index contributed by atoms with van der Waals surface area (Å²) in [6.07, 6.45) is 2.17. The number of aromatic amines is 2. The van der Waals surface area contributed by atoms with E-state index in [1.807, 2.05) is 32.9 Å². The smallest absolute Gasteiger partial charge is 0.407 e. The molecule has 1 aliphatic rings. The molecule has 0 unspecified atom stereocenters. The predicted octanol–water partition coefficient (Wildman–Crippen LogP) is 3.57. The maximum atomic E-state index is 11.8. The lowest BCUT2D eigenvalue weighted by Crippen LogP contribution is -2.33. The van der Waals surface area contributed by atoms with Crippen molar-refractivity contribution < 1.29 is 14.3 Å².